The van der Waals surface area contributed by atoms with E-state index in [9.17, 15) is 14.4 Å². The van der Waals surface area contributed by atoms with Crippen molar-refractivity contribution in [2.24, 2.45) is 0 Å². The van der Waals surface area contributed by atoms with Crippen molar-refractivity contribution in [1.82, 2.24) is 4.90 Å². The summed E-state index contributed by atoms with van der Waals surface area (Å²) in [7, 11) is 0. The predicted molar refractivity (Wildman–Crippen MR) is 100 cm³/mol. The summed E-state index contributed by atoms with van der Waals surface area (Å²) in [5.74, 6) is -0.530. The first kappa shape index (κ1) is 17.7. The van der Waals surface area contributed by atoms with E-state index in [-0.39, 0.29) is 23.2 Å². The fourth-order valence-electron chi connectivity index (χ4n) is 3.06. The number of aryl methyl sites for hydroxylation is 2. The summed E-state index contributed by atoms with van der Waals surface area (Å²) in [5.41, 5.74) is 2.76. The highest BCUT2D eigenvalue weighted by Crippen LogP contribution is 2.26. The summed E-state index contributed by atoms with van der Waals surface area (Å²) in [4.78, 5) is 38.8. The first-order chi connectivity index (χ1) is 13.4. The standard InChI is InChI=1S/C22H17NO5/c1-13-5-7-16(10-14(13)2)28-22(26)15-6-8-18-19(11-15)21(25)23(20(18)24)12-17-4-3-9-27-17/h3-11H,12H2,1-2H3. The van der Waals surface area contributed by atoms with Crippen molar-refractivity contribution in [1.29, 1.82) is 0 Å². The molecule has 6 nitrogen and oxygen atoms in total. The molecule has 2 heterocycles. The lowest BCUT2D eigenvalue weighted by molar-refractivity contribution is 0.0631. The molecule has 0 bridgehead atoms. The van der Waals surface area contributed by atoms with E-state index < -0.39 is 17.8 Å². The van der Waals surface area contributed by atoms with Gasteiger partial charge in [-0.15, -0.1) is 0 Å². The van der Waals surface area contributed by atoms with E-state index in [1.54, 1.807) is 24.3 Å². The van der Waals surface area contributed by atoms with Gasteiger partial charge < -0.3 is 9.15 Å². The van der Waals surface area contributed by atoms with Crippen LogP contribution in [-0.4, -0.2) is 22.7 Å². The van der Waals surface area contributed by atoms with Crippen LogP contribution in [0.4, 0.5) is 0 Å². The molecule has 0 spiro atoms. The molecule has 6 heteroatoms. The van der Waals surface area contributed by atoms with E-state index in [0.717, 1.165) is 16.0 Å². The lowest BCUT2D eigenvalue weighted by Crippen LogP contribution is -2.28. The minimum Gasteiger partial charge on any atom is -0.467 e. The number of carbonyl (C=O) groups excluding carboxylic acids is 3. The Bertz CT molecular complexity index is 1100. The van der Waals surface area contributed by atoms with Crippen LogP contribution in [-0.2, 0) is 6.54 Å². The Balaban J connectivity index is 1.57. The zero-order chi connectivity index (χ0) is 19.8. The number of hydrogen-bond acceptors (Lipinski definition) is 5. The van der Waals surface area contributed by atoms with Gasteiger partial charge in [-0.25, -0.2) is 4.79 Å². The SMILES string of the molecule is Cc1ccc(OC(=O)c2ccc3c(c2)C(=O)N(Cc2ccco2)C3=O)cc1C. The molecule has 0 aliphatic carbocycles. The number of furan rings is 1. The average molecular weight is 375 g/mol. The molecule has 2 aromatic carbocycles. The number of carbonyl (C=O) groups is 3. The zero-order valence-electron chi connectivity index (χ0n) is 15.4. The largest absolute Gasteiger partial charge is 0.467 e. The van der Waals surface area contributed by atoms with Gasteiger partial charge in [0.15, 0.2) is 0 Å². The molecule has 0 atom stereocenters. The molecule has 0 N–H and O–H groups in total. The van der Waals surface area contributed by atoms with Gasteiger partial charge in [0.2, 0.25) is 0 Å². The van der Waals surface area contributed by atoms with Crippen molar-refractivity contribution in [3.8, 4) is 5.75 Å². The van der Waals surface area contributed by atoms with E-state index >= 15 is 0 Å². The van der Waals surface area contributed by atoms with Gasteiger partial charge >= 0.3 is 5.97 Å². The fourth-order valence-corrected chi connectivity index (χ4v) is 3.06. The van der Waals surface area contributed by atoms with E-state index in [4.69, 9.17) is 9.15 Å². The van der Waals surface area contributed by atoms with Gasteiger partial charge in [0.1, 0.15) is 11.5 Å². The van der Waals surface area contributed by atoms with Crippen LogP contribution in [0.1, 0.15) is 48.0 Å². The minimum atomic E-state index is -0.587. The van der Waals surface area contributed by atoms with Gasteiger partial charge in [0, 0.05) is 0 Å². The molecular weight excluding hydrogens is 358 g/mol. The second-order valence-electron chi connectivity index (χ2n) is 6.67. The molecule has 0 radical (unpaired) electrons. The second kappa shape index (κ2) is 6.81. The minimum absolute atomic E-state index is 0.0434. The smallest absolute Gasteiger partial charge is 0.343 e. The summed E-state index contributed by atoms with van der Waals surface area (Å²) in [6.07, 6.45) is 1.48. The number of ether oxygens (including phenoxy) is 1. The molecule has 0 unspecified atom stereocenters. The normalized spacial score (nSPS) is 13.0. The second-order valence-corrected chi connectivity index (χ2v) is 6.67. The van der Waals surface area contributed by atoms with E-state index in [1.807, 2.05) is 19.9 Å². The fraction of sp³-hybridized carbons (Fsp3) is 0.136. The number of benzene rings is 2. The molecule has 3 aromatic rings. The number of nitrogens with zero attached hydrogens (tertiary/aromatic N) is 1. The zero-order valence-corrected chi connectivity index (χ0v) is 15.4. The molecule has 28 heavy (non-hydrogen) atoms. The Kier molecular flexibility index (Phi) is 4.31. The number of fused-ring (bicyclic) bond motifs is 1. The van der Waals surface area contributed by atoms with Crippen molar-refractivity contribution < 1.29 is 23.5 Å². The molecule has 1 aliphatic heterocycles. The van der Waals surface area contributed by atoms with Crippen LogP contribution in [0.2, 0.25) is 0 Å². The van der Waals surface area contributed by atoms with Crippen molar-refractivity contribution in [3.05, 3.63) is 88.4 Å². The molecule has 1 aliphatic rings. The summed E-state index contributed by atoms with van der Waals surface area (Å²) in [6.45, 7) is 3.94. The number of hydrogen-bond donors (Lipinski definition) is 0. The third-order valence-electron chi connectivity index (χ3n) is 4.79. The highest BCUT2D eigenvalue weighted by molar-refractivity contribution is 6.21. The topological polar surface area (TPSA) is 76.8 Å². The molecule has 140 valence electrons. The Hall–Kier alpha value is -3.67. The monoisotopic (exact) mass is 375 g/mol. The van der Waals surface area contributed by atoms with Crippen LogP contribution < -0.4 is 4.74 Å². The van der Waals surface area contributed by atoms with Crippen LogP contribution in [0.15, 0.2) is 59.2 Å². The number of imide groups is 1. The highest BCUT2D eigenvalue weighted by atomic mass is 16.5. The maximum atomic E-state index is 12.7. The highest BCUT2D eigenvalue weighted by Gasteiger charge is 2.36. The maximum Gasteiger partial charge on any atom is 0.343 e. The van der Waals surface area contributed by atoms with Gasteiger partial charge in [0.25, 0.3) is 11.8 Å². The Labute approximate surface area is 161 Å². The lowest BCUT2D eigenvalue weighted by Gasteiger charge is -2.11. The van der Waals surface area contributed by atoms with Gasteiger partial charge in [-0.2, -0.15) is 0 Å². The van der Waals surface area contributed by atoms with Crippen LogP contribution in [0.3, 0.4) is 0 Å². The number of rotatable bonds is 4. The third kappa shape index (κ3) is 3.09. The van der Waals surface area contributed by atoms with E-state index in [0.29, 0.717) is 11.5 Å². The molecule has 0 fully saturated rings. The summed E-state index contributed by atoms with van der Waals surface area (Å²) in [6, 6.07) is 13.1. The van der Waals surface area contributed by atoms with E-state index in [2.05, 4.69) is 0 Å². The van der Waals surface area contributed by atoms with Crippen LogP contribution in [0.25, 0.3) is 0 Å². The molecule has 0 saturated heterocycles. The molecule has 1 aromatic heterocycles. The Morgan fingerprint density at radius 2 is 1.75 bits per heavy atom. The van der Waals surface area contributed by atoms with Crippen LogP contribution in [0, 0.1) is 13.8 Å². The van der Waals surface area contributed by atoms with Crippen molar-refractivity contribution >= 4 is 17.8 Å². The van der Waals surface area contributed by atoms with Gasteiger partial charge in [-0.05, 0) is 67.4 Å². The summed E-state index contributed by atoms with van der Waals surface area (Å²) in [5, 5.41) is 0. The van der Waals surface area contributed by atoms with Gasteiger partial charge in [-0.1, -0.05) is 6.07 Å². The number of esters is 1. The maximum absolute atomic E-state index is 12.7. The third-order valence-corrected chi connectivity index (χ3v) is 4.79. The molecule has 2 amide bonds. The molecular formula is C22H17NO5. The summed E-state index contributed by atoms with van der Waals surface area (Å²) < 4.78 is 10.6. The van der Waals surface area contributed by atoms with Gasteiger partial charge in [0.05, 0.1) is 29.5 Å². The average Bonchev–Trinajstić information content (AvgIpc) is 3.28. The van der Waals surface area contributed by atoms with Crippen molar-refractivity contribution in [2.45, 2.75) is 20.4 Å². The Morgan fingerprint density at radius 1 is 0.964 bits per heavy atom. The Morgan fingerprint density at radius 3 is 2.46 bits per heavy atom. The first-order valence-electron chi connectivity index (χ1n) is 8.76. The number of amides is 2. The molecule has 0 saturated carbocycles. The van der Waals surface area contributed by atoms with Gasteiger partial charge in [-0.3, -0.25) is 14.5 Å². The predicted octanol–water partition coefficient (Wildman–Crippen LogP) is 3.91. The van der Waals surface area contributed by atoms with Crippen molar-refractivity contribution in [3.63, 3.8) is 0 Å². The van der Waals surface area contributed by atoms with Crippen LogP contribution in [0.5, 0.6) is 5.75 Å². The van der Waals surface area contributed by atoms with Crippen LogP contribution >= 0.6 is 0 Å². The lowest BCUT2D eigenvalue weighted by atomic mass is 10.1. The quantitative estimate of drug-likeness (QED) is 0.392. The molecule has 4 rings (SSSR count). The van der Waals surface area contributed by atoms with E-state index in [1.165, 1.54) is 24.5 Å². The summed E-state index contributed by atoms with van der Waals surface area (Å²) >= 11 is 0. The first-order valence-corrected chi connectivity index (χ1v) is 8.76. The van der Waals surface area contributed by atoms with Crippen molar-refractivity contribution in [2.75, 3.05) is 0 Å².